The molecule has 192 valence electrons. The molecule has 0 aromatic heterocycles. The lowest BCUT2D eigenvalue weighted by Gasteiger charge is -2.49. The first kappa shape index (κ1) is 25.2. The van der Waals surface area contributed by atoms with Crippen LogP contribution < -0.4 is 0 Å². The zero-order valence-electron chi connectivity index (χ0n) is 22.1. The van der Waals surface area contributed by atoms with E-state index in [2.05, 4.69) is 13.8 Å². The highest BCUT2D eigenvalue weighted by atomic mass is 16.6. The van der Waals surface area contributed by atoms with Gasteiger partial charge in [0.15, 0.2) is 11.2 Å². The van der Waals surface area contributed by atoms with Crippen LogP contribution in [0, 0.1) is 10.8 Å². The molecule has 0 amide bonds. The summed E-state index contributed by atoms with van der Waals surface area (Å²) in [4.78, 5) is 42.1. The summed E-state index contributed by atoms with van der Waals surface area (Å²) in [5.41, 5.74) is 2.52. The van der Waals surface area contributed by atoms with Gasteiger partial charge in [0.2, 0.25) is 0 Å². The number of allylic oxidation sites excluding steroid dienone is 4. The maximum Gasteiger partial charge on any atom is 0.323 e. The lowest BCUT2D eigenvalue weighted by molar-refractivity contribution is -0.173. The van der Waals surface area contributed by atoms with Gasteiger partial charge in [-0.2, -0.15) is 0 Å². The number of carbonyl (C=O) groups is 3. The lowest BCUT2D eigenvalue weighted by atomic mass is 9.51. The highest BCUT2D eigenvalue weighted by Crippen LogP contribution is 2.73. The Morgan fingerprint density at radius 1 is 0.784 bits per heavy atom. The summed E-state index contributed by atoms with van der Waals surface area (Å²) in [7, 11) is 0. The van der Waals surface area contributed by atoms with Crippen LogP contribution in [0.15, 0.2) is 77.4 Å². The summed E-state index contributed by atoms with van der Waals surface area (Å²) < 4.78 is 11.1. The van der Waals surface area contributed by atoms with Gasteiger partial charge in [-0.1, -0.05) is 71.8 Å². The van der Waals surface area contributed by atoms with Crippen LogP contribution >= 0.6 is 0 Å². The van der Waals surface area contributed by atoms with Crippen molar-refractivity contribution in [3.63, 3.8) is 0 Å². The fourth-order valence-electron chi connectivity index (χ4n) is 7.23. The van der Waals surface area contributed by atoms with E-state index >= 15 is 0 Å². The molecule has 5 rings (SSSR count). The third-order valence-electron chi connectivity index (χ3n) is 8.88. The molecule has 5 heteroatoms. The second-order valence-corrected chi connectivity index (χ2v) is 10.7. The molecule has 1 spiro atoms. The minimum Gasteiger partial charge on any atom is -0.465 e. The van der Waals surface area contributed by atoms with Crippen molar-refractivity contribution < 1.29 is 23.9 Å². The number of hydrogen-bond donors (Lipinski definition) is 0. The number of ether oxygens (including phenoxy) is 2. The number of Topliss-reactive ketones (excluding diaryl/α,β-unsaturated/α-hetero) is 1. The van der Waals surface area contributed by atoms with E-state index < -0.39 is 28.2 Å². The molecular weight excluding hydrogens is 464 g/mol. The highest BCUT2D eigenvalue weighted by molar-refractivity contribution is 6.30. The van der Waals surface area contributed by atoms with Gasteiger partial charge in [-0.3, -0.25) is 14.4 Å². The Hall–Kier alpha value is -3.47. The van der Waals surface area contributed by atoms with E-state index in [0.29, 0.717) is 18.4 Å². The van der Waals surface area contributed by atoms with Crippen molar-refractivity contribution in [1.29, 1.82) is 0 Å². The number of rotatable bonds is 6. The average Bonchev–Trinajstić information content (AvgIpc) is 3.33. The van der Waals surface area contributed by atoms with Crippen molar-refractivity contribution in [2.45, 2.75) is 58.8 Å². The van der Waals surface area contributed by atoms with Gasteiger partial charge in [0, 0.05) is 11.0 Å². The van der Waals surface area contributed by atoms with E-state index in [-0.39, 0.29) is 31.8 Å². The predicted octanol–water partition coefficient (Wildman–Crippen LogP) is 5.98. The van der Waals surface area contributed by atoms with Gasteiger partial charge in [0.05, 0.1) is 18.6 Å². The summed E-state index contributed by atoms with van der Waals surface area (Å²) >= 11 is 0. The van der Waals surface area contributed by atoms with Gasteiger partial charge in [-0.25, -0.2) is 0 Å². The number of benzene rings is 2. The van der Waals surface area contributed by atoms with Gasteiger partial charge in [0.25, 0.3) is 0 Å². The molecule has 0 radical (unpaired) electrons. The Kier molecular flexibility index (Phi) is 6.21. The summed E-state index contributed by atoms with van der Waals surface area (Å²) in [6.45, 7) is 8.02. The fraction of sp³-hybridized carbons (Fsp3) is 0.406. The van der Waals surface area contributed by atoms with Gasteiger partial charge in [-0.05, 0) is 70.1 Å². The zero-order valence-corrected chi connectivity index (χ0v) is 22.1. The molecule has 1 saturated carbocycles. The first-order valence-electron chi connectivity index (χ1n) is 13.2. The van der Waals surface area contributed by atoms with Crippen LogP contribution in [0.2, 0.25) is 0 Å². The molecule has 0 aliphatic heterocycles. The number of carbonyl (C=O) groups excluding carboxylic acids is 3. The molecule has 2 aromatic carbocycles. The number of hydrogen-bond acceptors (Lipinski definition) is 5. The second-order valence-electron chi connectivity index (χ2n) is 10.7. The van der Waals surface area contributed by atoms with E-state index in [1.807, 2.05) is 60.7 Å². The highest BCUT2D eigenvalue weighted by Gasteiger charge is 2.74. The molecule has 0 bridgehead atoms. The maximum atomic E-state index is 14.8. The molecule has 3 aliphatic carbocycles. The first-order chi connectivity index (χ1) is 17.8. The zero-order chi connectivity index (χ0) is 26.4. The van der Waals surface area contributed by atoms with Gasteiger partial charge in [0.1, 0.15) is 0 Å². The topological polar surface area (TPSA) is 69.7 Å². The monoisotopic (exact) mass is 498 g/mol. The summed E-state index contributed by atoms with van der Waals surface area (Å²) in [5, 5.41) is 0. The minimum atomic E-state index is -1.49. The Morgan fingerprint density at radius 2 is 1.32 bits per heavy atom. The van der Waals surface area contributed by atoms with Gasteiger partial charge >= 0.3 is 11.9 Å². The van der Waals surface area contributed by atoms with Crippen LogP contribution in [-0.4, -0.2) is 30.9 Å². The summed E-state index contributed by atoms with van der Waals surface area (Å²) in [6.07, 6.45) is 1.46. The molecule has 2 aromatic rings. The van der Waals surface area contributed by atoms with Crippen LogP contribution in [0.25, 0.3) is 5.57 Å². The SMILES string of the molecule is CCOC(=O)C1(C(=O)OCC)CC2=C(c3ccccc3)C(=O)[C@@]3(c4ccccc4)CC(C)=C(C)C[C@@]23C1. The molecule has 2 atom stereocenters. The Bertz CT molecular complexity index is 1300. The number of esters is 2. The Labute approximate surface area is 218 Å². The third-order valence-corrected chi connectivity index (χ3v) is 8.88. The Balaban J connectivity index is 1.86. The van der Waals surface area contributed by atoms with E-state index in [1.165, 1.54) is 11.1 Å². The quantitative estimate of drug-likeness (QED) is 0.278. The molecular formula is C32H34O5. The first-order valence-corrected chi connectivity index (χ1v) is 13.2. The summed E-state index contributed by atoms with van der Waals surface area (Å²) in [5.74, 6) is -1.04. The van der Waals surface area contributed by atoms with Crippen molar-refractivity contribution >= 4 is 23.3 Å². The molecule has 0 saturated heterocycles. The fourth-order valence-corrected chi connectivity index (χ4v) is 7.23. The summed E-state index contributed by atoms with van der Waals surface area (Å²) in [6, 6.07) is 19.6. The largest absolute Gasteiger partial charge is 0.465 e. The molecule has 1 fully saturated rings. The van der Waals surface area contributed by atoms with E-state index in [1.54, 1.807) is 13.8 Å². The van der Waals surface area contributed by atoms with Crippen LogP contribution in [0.1, 0.15) is 64.5 Å². The standard InChI is InChI=1S/C32H34O5/c1-5-36-28(34)30(29(35)37-6-2)19-25-26(23-13-9-7-10-14-23)27(33)32(24-15-11-8-12-16-24)18-22(4)21(3)17-31(25,32)20-30/h7-16H,5-6,17-20H2,1-4H3/t31-,32+/m1/s1. The van der Waals surface area contributed by atoms with Crippen LogP contribution in [0.3, 0.4) is 0 Å². The molecule has 3 aliphatic rings. The van der Waals surface area contributed by atoms with Crippen molar-refractivity contribution in [3.05, 3.63) is 88.5 Å². The van der Waals surface area contributed by atoms with Crippen molar-refractivity contribution in [2.75, 3.05) is 13.2 Å². The van der Waals surface area contributed by atoms with Crippen LogP contribution in [-0.2, 0) is 29.3 Å². The molecule has 0 heterocycles. The van der Waals surface area contributed by atoms with Crippen LogP contribution in [0.5, 0.6) is 0 Å². The van der Waals surface area contributed by atoms with E-state index in [0.717, 1.165) is 16.7 Å². The Morgan fingerprint density at radius 3 is 1.89 bits per heavy atom. The average molecular weight is 499 g/mol. The molecule has 37 heavy (non-hydrogen) atoms. The van der Waals surface area contributed by atoms with Crippen molar-refractivity contribution in [2.24, 2.45) is 10.8 Å². The second kappa shape index (κ2) is 9.13. The lowest BCUT2D eigenvalue weighted by Crippen LogP contribution is -2.52. The molecule has 5 nitrogen and oxygen atoms in total. The number of ketones is 1. The van der Waals surface area contributed by atoms with Gasteiger partial charge < -0.3 is 9.47 Å². The van der Waals surface area contributed by atoms with Crippen molar-refractivity contribution in [3.8, 4) is 0 Å². The smallest absolute Gasteiger partial charge is 0.323 e. The van der Waals surface area contributed by atoms with Gasteiger partial charge in [-0.15, -0.1) is 0 Å². The normalized spacial score (nSPS) is 26.1. The predicted molar refractivity (Wildman–Crippen MR) is 141 cm³/mol. The van der Waals surface area contributed by atoms with E-state index in [9.17, 15) is 14.4 Å². The molecule has 0 N–H and O–H groups in total. The maximum absolute atomic E-state index is 14.8. The third kappa shape index (κ3) is 3.39. The molecule has 0 unspecified atom stereocenters. The minimum absolute atomic E-state index is 0.0769. The van der Waals surface area contributed by atoms with Crippen LogP contribution in [0.4, 0.5) is 0 Å². The van der Waals surface area contributed by atoms with E-state index in [4.69, 9.17) is 9.47 Å². The van der Waals surface area contributed by atoms with Crippen molar-refractivity contribution in [1.82, 2.24) is 0 Å².